The molecule has 1 N–H and O–H groups in total. The lowest BCUT2D eigenvalue weighted by molar-refractivity contribution is -0.123. The first kappa shape index (κ1) is 16.5. The van der Waals surface area contributed by atoms with E-state index in [1.165, 1.54) is 0 Å². The Kier molecular flexibility index (Phi) is 6.17. The zero-order chi connectivity index (χ0) is 16.5. The van der Waals surface area contributed by atoms with E-state index < -0.39 is 0 Å². The lowest BCUT2D eigenvalue weighted by Crippen LogP contribution is -2.25. The molecule has 120 valence electrons. The minimum absolute atomic E-state index is 0.0888. The Labute approximate surface area is 135 Å². The maximum Gasteiger partial charge on any atom is 0.277 e. The number of methoxy groups -OCH3 is 1. The SMILES string of the molecule is COc1ccc(OCC(=O)N/N=C(/C)Cc2ccccc2)cc1. The summed E-state index contributed by atoms with van der Waals surface area (Å²) in [6.07, 6.45) is 0.695. The number of carbonyl (C=O) groups is 1. The van der Waals surface area contributed by atoms with Crippen LogP contribution in [0.25, 0.3) is 0 Å². The lowest BCUT2D eigenvalue weighted by Gasteiger charge is -2.06. The summed E-state index contributed by atoms with van der Waals surface area (Å²) < 4.78 is 10.4. The number of nitrogens with zero attached hydrogens (tertiary/aromatic N) is 1. The van der Waals surface area contributed by atoms with Crippen molar-refractivity contribution in [3.63, 3.8) is 0 Å². The number of nitrogens with one attached hydrogen (secondary N) is 1. The van der Waals surface area contributed by atoms with Crippen molar-refractivity contribution in [2.45, 2.75) is 13.3 Å². The van der Waals surface area contributed by atoms with Gasteiger partial charge in [0.15, 0.2) is 6.61 Å². The number of hydrogen-bond acceptors (Lipinski definition) is 4. The van der Waals surface area contributed by atoms with Crippen LogP contribution in [0.15, 0.2) is 59.7 Å². The molecule has 0 fully saturated rings. The summed E-state index contributed by atoms with van der Waals surface area (Å²) in [5.74, 6) is 1.04. The fraction of sp³-hybridized carbons (Fsp3) is 0.222. The van der Waals surface area contributed by atoms with Crippen LogP contribution in [0.4, 0.5) is 0 Å². The maximum absolute atomic E-state index is 11.7. The van der Waals surface area contributed by atoms with Crippen molar-refractivity contribution in [1.29, 1.82) is 0 Å². The molecule has 0 heterocycles. The van der Waals surface area contributed by atoms with Gasteiger partial charge in [-0.15, -0.1) is 0 Å². The highest BCUT2D eigenvalue weighted by molar-refractivity contribution is 5.86. The van der Waals surface area contributed by atoms with Crippen LogP contribution >= 0.6 is 0 Å². The molecular weight excluding hydrogens is 292 g/mol. The van der Waals surface area contributed by atoms with E-state index in [1.807, 2.05) is 37.3 Å². The van der Waals surface area contributed by atoms with Gasteiger partial charge in [0, 0.05) is 12.1 Å². The van der Waals surface area contributed by atoms with Crippen molar-refractivity contribution >= 4 is 11.6 Å². The van der Waals surface area contributed by atoms with E-state index in [1.54, 1.807) is 31.4 Å². The van der Waals surface area contributed by atoms with Crippen molar-refractivity contribution in [3.05, 3.63) is 60.2 Å². The van der Waals surface area contributed by atoms with E-state index in [-0.39, 0.29) is 12.5 Å². The molecule has 1 amide bonds. The highest BCUT2D eigenvalue weighted by Gasteiger charge is 2.03. The molecule has 0 spiro atoms. The molecule has 0 saturated heterocycles. The summed E-state index contributed by atoms with van der Waals surface area (Å²) in [5, 5.41) is 4.08. The second-order valence-electron chi connectivity index (χ2n) is 5.01. The summed E-state index contributed by atoms with van der Waals surface area (Å²) in [5.41, 5.74) is 4.47. The molecule has 0 aliphatic heterocycles. The monoisotopic (exact) mass is 312 g/mol. The van der Waals surface area contributed by atoms with Crippen molar-refractivity contribution in [2.75, 3.05) is 13.7 Å². The molecule has 0 aromatic heterocycles. The summed E-state index contributed by atoms with van der Waals surface area (Å²) in [4.78, 5) is 11.7. The molecule has 0 aliphatic rings. The van der Waals surface area contributed by atoms with Crippen LogP contribution in [0, 0.1) is 0 Å². The van der Waals surface area contributed by atoms with Crippen molar-refractivity contribution < 1.29 is 14.3 Å². The summed E-state index contributed by atoms with van der Waals surface area (Å²) >= 11 is 0. The van der Waals surface area contributed by atoms with Gasteiger partial charge in [0.1, 0.15) is 11.5 Å². The van der Waals surface area contributed by atoms with Gasteiger partial charge in [-0.05, 0) is 36.8 Å². The molecule has 0 radical (unpaired) electrons. The Morgan fingerprint density at radius 1 is 1.04 bits per heavy atom. The number of hydrogen-bond donors (Lipinski definition) is 1. The first-order valence-electron chi connectivity index (χ1n) is 7.30. The average Bonchev–Trinajstić information content (AvgIpc) is 2.59. The first-order valence-corrected chi connectivity index (χ1v) is 7.30. The molecule has 5 heteroatoms. The van der Waals surface area contributed by atoms with Gasteiger partial charge in [0.25, 0.3) is 5.91 Å². The minimum atomic E-state index is -0.298. The number of benzene rings is 2. The third-order valence-electron chi connectivity index (χ3n) is 3.10. The van der Waals surface area contributed by atoms with E-state index in [0.29, 0.717) is 12.2 Å². The number of carbonyl (C=O) groups excluding carboxylic acids is 1. The lowest BCUT2D eigenvalue weighted by atomic mass is 10.1. The summed E-state index contributed by atoms with van der Waals surface area (Å²) in [6.45, 7) is 1.78. The van der Waals surface area contributed by atoms with E-state index >= 15 is 0 Å². The van der Waals surface area contributed by atoms with Crippen LogP contribution in [0.5, 0.6) is 11.5 Å². The second kappa shape index (κ2) is 8.58. The molecule has 2 aromatic rings. The van der Waals surface area contributed by atoms with Gasteiger partial charge in [-0.1, -0.05) is 30.3 Å². The van der Waals surface area contributed by atoms with Gasteiger partial charge >= 0.3 is 0 Å². The van der Waals surface area contributed by atoms with Gasteiger partial charge in [-0.25, -0.2) is 5.43 Å². The largest absolute Gasteiger partial charge is 0.497 e. The molecule has 23 heavy (non-hydrogen) atoms. The van der Waals surface area contributed by atoms with Gasteiger partial charge in [0.05, 0.1) is 7.11 Å². The van der Waals surface area contributed by atoms with E-state index in [2.05, 4.69) is 10.5 Å². The third kappa shape index (κ3) is 5.82. The zero-order valence-electron chi connectivity index (χ0n) is 13.3. The third-order valence-corrected chi connectivity index (χ3v) is 3.10. The molecule has 2 rings (SSSR count). The van der Waals surface area contributed by atoms with E-state index in [0.717, 1.165) is 17.0 Å². The number of hydrazone groups is 1. The fourth-order valence-electron chi connectivity index (χ4n) is 1.94. The van der Waals surface area contributed by atoms with E-state index in [4.69, 9.17) is 9.47 Å². The topological polar surface area (TPSA) is 59.9 Å². The van der Waals surface area contributed by atoms with Gasteiger partial charge in [-0.2, -0.15) is 5.10 Å². The zero-order valence-corrected chi connectivity index (χ0v) is 13.3. The molecule has 5 nitrogen and oxygen atoms in total. The Hall–Kier alpha value is -2.82. The number of ether oxygens (including phenoxy) is 2. The normalized spacial score (nSPS) is 11.0. The Morgan fingerprint density at radius 2 is 1.70 bits per heavy atom. The van der Waals surface area contributed by atoms with Crippen molar-refractivity contribution in [1.82, 2.24) is 5.43 Å². The first-order chi connectivity index (χ1) is 11.2. The van der Waals surface area contributed by atoms with Crippen LogP contribution in [-0.2, 0) is 11.2 Å². The highest BCUT2D eigenvalue weighted by Crippen LogP contribution is 2.16. The van der Waals surface area contributed by atoms with Gasteiger partial charge in [-0.3, -0.25) is 4.79 Å². The average molecular weight is 312 g/mol. The molecule has 2 aromatic carbocycles. The van der Waals surface area contributed by atoms with Crippen LogP contribution in [0.1, 0.15) is 12.5 Å². The molecule has 0 aliphatic carbocycles. The predicted octanol–water partition coefficient (Wildman–Crippen LogP) is 2.81. The van der Waals surface area contributed by atoms with Crippen LogP contribution < -0.4 is 14.9 Å². The fourth-order valence-corrected chi connectivity index (χ4v) is 1.94. The van der Waals surface area contributed by atoms with Crippen LogP contribution in [0.3, 0.4) is 0 Å². The number of amides is 1. The quantitative estimate of drug-likeness (QED) is 0.632. The Bertz CT molecular complexity index is 652. The Morgan fingerprint density at radius 3 is 2.35 bits per heavy atom. The van der Waals surface area contributed by atoms with E-state index in [9.17, 15) is 4.79 Å². The maximum atomic E-state index is 11.7. The van der Waals surface area contributed by atoms with Crippen molar-refractivity contribution in [3.8, 4) is 11.5 Å². The van der Waals surface area contributed by atoms with Gasteiger partial charge < -0.3 is 9.47 Å². The highest BCUT2D eigenvalue weighted by atomic mass is 16.5. The Balaban J connectivity index is 1.76. The molecule has 0 atom stereocenters. The predicted molar refractivity (Wildman–Crippen MR) is 89.9 cm³/mol. The molecule has 0 unspecified atom stereocenters. The van der Waals surface area contributed by atoms with Crippen LogP contribution in [-0.4, -0.2) is 25.3 Å². The number of rotatable bonds is 7. The smallest absolute Gasteiger partial charge is 0.277 e. The van der Waals surface area contributed by atoms with Gasteiger partial charge in [0.2, 0.25) is 0 Å². The van der Waals surface area contributed by atoms with Crippen LogP contribution in [0.2, 0.25) is 0 Å². The van der Waals surface area contributed by atoms with Crippen molar-refractivity contribution in [2.24, 2.45) is 5.10 Å². The second-order valence-corrected chi connectivity index (χ2v) is 5.01. The molecule has 0 bridgehead atoms. The minimum Gasteiger partial charge on any atom is -0.497 e. The summed E-state index contributed by atoms with van der Waals surface area (Å²) in [7, 11) is 1.60. The standard InChI is InChI=1S/C18H20N2O3/c1-14(12-15-6-4-3-5-7-15)19-20-18(21)13-23-17-10-8-16(22-2)9-11-17/h3-11H,12-13H2,1-2H3,(H,20,21)/b19-14-. The molecular formula is C18H20N2O3. The molecule has 0 saturated carbocycles. The summed E-state index contributed by atoms with van der Waals surface area (Å²) in [6, 6.07) is 17.0.